The number of ether oxygens (including phenoxy) is 2. The van der Waals surface area contributed by atoms with Gasteiger partial charge in [0.2, 0.25) is 5.79 Å². The van der Waals surface area contributed by atoms with Crippen LogP contribution in [0.3, 0.4) is 0 Å². The number of hydrogen-bond acceptors (Lipinski definition) is 7. The maximum Gasteiger partial charge on any atom is 0.210 e. The van der Waals surface area contributed by atoms with Crippen LogP contribution in [0.2, 0.25) is 0 Å². The molecule has 4 N–H and O–H groups in total. The van der Waals surface area contributed by atoms with Gasteiger partial charge in [0.05, 0.1) is 7.11 Å². The van der Waals surface area contributed by atoms with E-state index in [-0.39, 0.29) is 0 Å². The fraction of sp³-hybridized carbons (Fsp3) is 0.375. The zero-order valence-corrected chi connectivity index (χ0v) is 18.2. The molecule has 0 saturated carbocycles. The van der Waals surface area contributed by atoms with Crippen LogP contribution in [0, 0.1) is 0 Å². The molecule has 2 heterocycles. The number of allylic oxidation sites excluding steroid dienone is 1. The summed E-state index contributed by atoms with van der Waals surface area (Å²) in [5.74, 6) is 1.37. The molecule has 31 heavy (non-hydrogen) atoms. The lowest BCUT2D eigenvalue weighted by Crippen LogP contribution is -2.51. The molecule has 0 spiro atoms. The first-order chi connectivity index (χ1) is 15.1. The van der Waals surface area contributed by atoms with Gasteiger partial charge in [0.15, 0.2) is 0 Å². The molecular weight excluding hydrogens is 390 g/mol. The Kier molecular flexibility index (Phi) is 6.44. The maximum atomic E-state index is 6.62. The van der Waals surface area contributed by atoms with E-state index in [0.29, 0.717) is 6.61 Å². The molecule has 2 aliphatic rings. The summed E-state index contributed by atoms with van der Waals surface area (Å²) in [5.41, 5.74) is 9.34. The normalized spacial score (nSPS) is 21.1. The first-order valence-electron chi connectivity index (χ1n) is 10.8. The van der Waals surface area contributed by atoms with Crippen molar-refractivity contribution in [3.63, 3.8) is 0 Å². The quantitative estimate of drug-likeness (QED) is 0.607. The molecule has 1 fully saturated rings. The van der Waals surface area contributed by atoms with Crippen molar-refractivity contribution in [2.24, 2.45) is 10.7 Å². The zero-order valence-electron chi connectivity index (χ0n) is 18.2. The van der Waals surface area contributed by atoms with Gasteiger partial charge in [-0.1, -0.05) is 6.07 Å². The summed E-state index contributed by atoms with van der Waals surface area (Å²) in [5, 5.41) is 6.73. The molecule has 2 aromatic rings. The molecule has 0 amide bonds. The highest BCUT2D eigenvalue weighted by molar-refractivity contribution is 5.81. The van der Waals surface area contributed by atoms with Crippen molar-refractivity contribution >= 4 is 11.9 Å². The Morgan fingerprint density at radius 3 is 2.65 bits per heavy atom. The number of aliphatic imine (C=N–C) groups is 1. The van der Waals surface area contributed by atoms with Gasteiger partial charge in [-0.25, -0.2) is 4.99 Å². The molecule has 2 aromatic carbocycles. The van der Waals surface area contributed by atoms with Crippen LogP contribution in [-0.2, 0) is 5.79 Å². The molecular formula is C24H31N5O2. The van der Waals surface area contributed by atoms with Crippen molar-refractivity contribution in [2.75, 3.05) is 38.7 Å². The molecule has 0 radical (unpaired) electrons. The third-order valence-corrected chi connectivity index (χ3v) is 5.68. The van der Waals surface area contributed by atoms with Crippen molar-refractivity contribution in [1.82, 2.24) is 10.2 Å². The number of nitrogens with two attached hydrogens (primary N) is 1. The first-order valence-corrected chi connectivity index (χ1v) is 10.8. The zero-order chi connectivity index (χ0) is 21.7. The van der Waals surface area contributed by atoms with Crippen molar-refractivity contribution in [3.05, 3.63) is 65.5 Å². The largest absolute Gasteiger partial charge is 0.497 e. The molecule has 4 rings (SSSR count). The molecule has 1 atom stereocenters. The van der Waals surface area contributed by atoms with E-state index in [0.717, 1.165) is 40.7 Å². The summed E-state index contributed by atoms with van der Waals surface area (Å²) in [4.78, 5) is 6.99. The summed E-state index contributed by atoms with van der Waals surface area (Å²) >= 11 is 0. The Balaban J connectivity index is 1.39. The van der Waals surface area contributed by atoms with E-state index in [4.69, 9.17) is 15.2 Å². The van der Waals surface area contributed by atoms with Gasteiger partial charge < -0.3 is 20.1 Å². The van der Waals surface area contributed by atoms with Crippen LogP contribution < -0.4 is 25.8 Å². The highest BCUT2D eigenvalue weighted by atomic mass is 16.5. The van der Waals surface area contributed by atoms with Gasteiger partial charge in [-0.2, -0.15) is 0 Å². The number of nitrogens with one attached hydrogen (secondary N) is 2. The molecule has 0 aliphatic carbocycles. The number of rotatable bonds is 8. The van der Waals surface area contributed by atoms with Crippen molar-refractivity contribution in [2.45, 2.75) is 25.6 Å². The predicted molar refractivity (Wildman–Crippen MR) is 124 cm³/mol. The maximum absolute atomic E-state index is 6.62. The van der Waals surface area contributed by atoms with Crippen LogP contribution in [0.15, 0.2) is 64.9 Å². The van der Waals surface area contributed by atoms with E-state index >= 15 is 0 Å². The number of anilines is 1. The average Bonchev–Trinajstić information content (AvgIpc) is 3.31. The Labute approximate surface area is 183 Å². The molecule has 7 nitrogen and oxygen atoms in total. The molecule has 2 aliphatic heterocycles. The lowest BCUT2D eigenvalue weighted by molar-refractivity contribution is 0.237. The van der Waals surface area contributed by atoms with Crippen LogP contribution in [0.4, 0.5) is 5.69 Å². The second-order valence-corrected chi connectivity index (χ2v) is 7.99. The third-order valence-electron chi connectivity index (χ3n) is 5.68. The van der Waals surface area contributed by atoms with E-state index in [2.05, 4.69) is 20.5 Å². The second kappa shape index (κ2) is 9.41. The highest BCUT2D eigenvalue weighted by Crippen LogP contribution is 2.26. The highest BCUT2D eigenvalue weighted by Gasteiger charge is 2.30. The van der Waals surface area contributed by atoms with Crippen molar-refractivity contribution in [1.29, 1.82) is 0 Å². The number of nitrogens with zero attached hydrogens (tertiary/aromatic N) is 2. The second-order valence-electron chi connectivity index (χ2n) is 7.99. The molecule has 164 valence electrons. The van der Waals surface area contributed by atoms with Gasteiger partial charge in [-0.3, -0.25) is 10.6 Å². The molecule has 7 heteroatoms. The minimum absolute atomic E-state index is 0.695. The minimum atomic E-state index is -1.06. The van der Waals surface area contributed by atoms with Crippen LogP contribution >= 0.6 is 0 Å². The first kappa shape index (κ1) is 21.2. The summed E-state index contributed by atoms with van der Waals surface area (Å²) in [6.45, 7) is 6.01. The Hall–Kier alpha value is -3.03. The summed E-state index contributed by atoms with van der Waals surface area (Å²) < 4.78 is 11.2. The number of likely N-dealkylation sites (tertiary alicyclic amines) is 1. The standard InChI is InChI=1S/C24H31N5O2/c1-18-17-26-24(25,28-23(18)27-20-6-5-7-22(16-20)30-2)19-8-10-21(11-9-19)31-15-14-29-12-3-4-13-29/h5-11,16-17,27-28H,3-4,12-15,25H2,1-2H3. The van der Waals surface area contributed by atoms with E-state index in [9.17, 15) is 0 Å². The molecule has 1 saturated heterocycles. The van der Waals surface area contributed by atoms with Crippen molar-refractivity contribution < 1.29 is 9.47 Å². The monoisotopic (exact) mass is 421 g/mol. The topological polar surface area (TPSA) is 84.1 Å². The minimum Gasteiger partial charge on any atom is -0.497 e. The lowest BCUT2D eigenvalue weighted by Gasteiger charge is -2.33. The third kappa shape index (κ3) is 5.18. The van der Waals surface area contributed by atoms with Crippen LogP contribution in [0.25, 0.3) is 0 Å². The summed E-state index contributed by atoms with van der Waals surface area (Å²) in [6.07, 6.45) is 4.38. The van der Waals surface area contributed by atoms with E-state index in [1.165, 1.54) is 25.9 Å². The fourth-order valence-electron chi connectivity index (χ4n) is 3.81. The van der Waals surface area contributed by atoms with Gasteiger partial charge in [-0.05, 0) is 69.3 Å². The summed E-state index contributed by atoms with van der Waals surface area (Å²) in [6, 6.07) is 15.6. The number of methoxy groups -OCH3 is 1. The van der Waals surface area contributed by atoms with Gasteiger partial charge in [0.25, 0.3) is 0 Å². The Morgan fingerprint density at radius 1 is 1.13 bits per heavy atom. The Morgan fingerprint density at radius 2 is 1.90 bits per heavy atom. The molecule has 0 bridgehead atoms. The molecule has 0 aromatic heterocycles. The van der Waals surface area contributed by atoms with Gasteiger partial charge in [-0.15, -0.1) is 0 Å². The van der Waals surface area contributed by atoms with Crippen LogP contribution in [0.1, 0.15) is 25.3 Å². The lowest BCUT2D eigenvalue weighted by atomic mass is 10.1. The SMILES string of the molecule is COc1cccc(NC2=C(C)C=NC(N)(c3ccc(OCCN4CCCC4)cc3)N2)c1. The van der Waals surface area contributed by atoms with Gasteiger partial charge >= 0.3 is 0 Å². The van der Waals surface area contributed by atoms with Gasteiger partial charge in [0, 0.05) is 35.6 Å². The van der Waals surface area contributed by atoms with E-state index in [1.54, 1.807) is 13.3 Å². The van der Waals surface area contributed by atoms with Gasteiger partial charge in [0.1, 0.15) is 23.9 Å². The number of hydrogen-bond donors (Lipinski definition) is 3. The van der Waals surface area contributed by atoms with E-state index in [1.807, 2.05) is 55.5 Å². The summed E-state index contributed by atoms with van der Waals surface area (Å²) in [7, 11) is 1.65. The van der Waals surface area contributed by atoms with E-state index < -0.39 is 5.79 Å². The fourth-order valence-corrected chi connectivity index (χ4v) is 3.81. The number of benzene rings is 2. The average molecular weight is 422 g/mol. The van der Waals surface area contributed by atoms with Crippen molar-refractivity contribution in [3.8, 4) is 11.5 Å². The van der Waals surface area contributed by atoms with Crippen LogP contribution in [-0.4, -0.2) is 44.5 Å². The van der Waals surface area contributed by atoms with Crippen LogP contribution in [0.5, 0.6) is 11.5 Å². The molecule has 1 unspecified atom stereocenters. The smallest absolute Gasteiger partial charge is 0.210 e. The Bertz CT molecular complexity index is 951. The predicted octanol–water partition coefficient (Wildman–Crippen LogP) is 3.26.